The van der Waals surface area contributed by atoms with Crippen LogP contribution in [0.4, 0.5) is 0 Å². The SMILES string of the molecule is C[c-]1[cH-][c-](C)[c-](C)[cH-]1.Cc1c[c-](C)cc1C.[Fe]. The first kappa shape index (κ1) is 16.2. The Morgan fingerprint density at radius 3 is 1.29 bits per heavy atom. The van der Waals surface area contributed by atoms with Crippen molar-refractivity contribution in [3.8, 4) is 0 Å². The van der Waals surface area contributed by atoms with Gasteiger partial charge in [0.25, 0.3) is 0 Å². The van der Waals surface area contributed by atoms with Gasteiger partial charge < -0.3 is 28.8 Å². The fourth-order valence-electron chi connectivity index (χ4n) is 1.90. The van der Waals surface area contributed by atoms with Gasteiger partial charge in [-0.2, -0.15) is 28.8 Å². The normalized spacial score (nSPS) is 9.29. The second kappa shape index (κ2) is 6.83. The van der Waals surface area contributed by atoms with E-state index >= 15 is 0 Å². The van der Waals surface area contributed by atoms with Gasteiger partial charge in [0.05, 0.1) is 0 Å². The summed E-state index contributed by atoms with van der Waals surface area (Å²) < 4.78 is 0. The van der Waals surface area contributed by atoms with Gasteiger partial charge in [0.15, 0.2) is 0 Å². The van der Waals surface area contributed by atoms with Crippen molar-refractivity contribution < 1.29 is 17.1 Å². The first-order chi connectivity index (χ1) is 7.40. The third kappa shape index (κ3) is 4.93. The first-order valence-corrected chi connectivity index (χ1v) is 5.81. The molecule has 0 aromatic heterocycles. The molecule has 0 nitrogen and oxygen atoms in total. The molecule has 0 saturated heterocycles. The van der Waals surface area contributed by atoms with Gasteiger partial charge in [-0.15, -0.1) is 0 Å². The predicted molar refractivity (Wildman–Crippen MR) is 72.5 cm³/mol. The average Bonchev–Trinajstić information content (AvgIpc) is 2.58. The summed E-state index contributed by atoms with van der Waals surface area (Å²) in [5, 5.41) is 0. The fourth-order valence-corrected chi connectivity index (χ4v) is 1.90. The van der Waals surface area contributed by atoms with Crippen molar-refractivity contribution in [3.05, 3.63) is 57.6 Å². The third-order valence-corrected chi connectivity index (χ3v) is 3.02. The van der Waals surface area contributed by atoms with Crippen molar-refractivity contribution >= 4 is 0 Å². The van der Waals surface area contributed by atoms with Crippen molar-refractivity contribution in [3.63, 3.8) is 0 Å². The second-order valence-corrected chi connectivity index (χ2v) is 4.80. The third-order valence-electron chi connectivity index (χ3n) is 3.02. The molecule has 0 fully saturated rings. The molecule has 0 radical (unpaired) electrons. The molecule has 1 heteroatoms. The first-order valence-electron chi connectivity index (χ1n) is 5.81. The predicted octanol–water partition coefficient (Wildman–Crippen LogP) is 4.66. The van der Waals surface area contributed by atoms with Gasteiger partial charge in [0, 0.05) is 17.1 Å². The van der Waals surface area contributed by atoms with Crippen LogP contribution in [0.5, 0.6) is 0 Å². The Labute approximate surface area is 116 Å². The molecule has 2 aromatic carbocycles. The number of rotatable bonds is 0. The summed E-state index contributed by atoms with van der Waals surface area (Å²) in [6, 6.07) is 8.81. The Morgan fingerprint density at radius 1 is 0.824 bits per heavy atom. The zero-order valence-corrected chi connectivity index (χ0v) is 12.8. The van der Waals surface area contributed by atoms with E-state index in [4.69, 9.17) is 0 Å². The zero-order valence-electron chi connectivity index (χ0n) is 11.7. The van der Waals surface area contributed by atoms with E-state index < -0.39 is 0 Å². The largest absolute Gasteiger partial charge is 0.743 e. The molecule has 0 heterocycles. The standard InChI is InChI=1S/2C8H11.Fe/c2*1-6-4-7(2)8(3)5-6;/h2*4-5H,1-3H3;/q-5;-1;. The molecular weight excluding hydrogens is 248 g/mol. The molecule has 2 aromatic rings. The Balaban J connectivity index is 0.000000284. The second-order valence-electron chi connectivity index (χ2n) is 4.80. The van der Waals surface area contributed by atoms with Crippen LogP contribution in [-0.4, -0.2) is 0 Å². The summed E-state index contributed by atoms with van der Waals surface area (Å²) in [6.45, 7) is 12.8. The molecule has 0 unspecified atom stereocenters. The van der Waals surface area contributed by atoms with Crippen LogP contribution in [0, 0.1) is 41.5 Å². The van der Waals surface area contributed by atoms with Crippen LogP contribution in [-0.2, 0) is 17.1 Å². The summed E-state index contributed by atoms with van der Waals surface area (Å²) in [7, 11) is 0. The summed E-state index contributed by atoms with van der Waals surface area (Å²) in [6.07, 6.45) is 0. The van der Waals surface area contributed by atoms with Crippen LogP contribution < -0.4 is 0 Å². The van der Waals surface area contributed by atoms with E-state index in [-0.39, 0.29) is 17.1 Å². The summed E-state index contributed by atoms with van der Waals surface area (Å²) in [4.78, 5) is 0. The maximum absolute atomic E-state index is 2.20. The molecule has 0 N–H and O–H groups in total. The Hall–Kier alpha value is -0.781. The number of hydrogen-bond acceptors (Lipinski definition) is 0. The van der Waals surface area contributed by atoms with Crippen LogP contribution in [0.25, 0.3) is 0 Å². The van der Waals surface area contributed by atoms with Crippen LogP contribution in [0.2, 0.25) is 0 Å². The monoisotopic (exact) mass is 270 g/mol. The van der Waals surface area contributed by atoms with Crippen molar-refractivity contribution in [2.24, 2.45) is 0 Å². The molecule has 2 rings (SSSR count). The molecule has 0 atom stereocenters. The van der Waals surface area contributed by atoms with Gasteiger partial charge in [-0.05, 0) is 0 Å². The molecule has 0 bridgehead atoms. The minimum Gasteiger partial charge on any atom is -0.743 e. The van der Waals surface area contributed by atoms with Crippen LogP contribution >= 0.6 is 0 Å². The van der Waals surface area contributed by atoms with E-state index in [1.807, 2.05) is 0 Å². The quantitative estimate of drug-likeness (QED) is 0.482. The molecule has 0 aliphatic carbocycles. The number of hydrogen-bond donors (Lipinski definition) is 0. The van der Waals surface area contributed by atoms with Crippen molar-refractivity contribution in [1.82, 2.24) is 0 Å². The smallest absolute Gasteiger partial charge is 0 e. The van der Waals surface area contributed by atoms with E-state index in [1.165, 1.54) is 33.4 Å². The van der Waals surface area contributed by atoms with Crippen LogP contribution in [0.1, 0.15) is 33.4 Å². The molecular formula is C16H22Fe-6. The maximum Gasteiger partial charge on any atom is 0 e. The van der Waals surface area contributed by atoms with Gasteiger partial charge in [-0.1, -0.05) is 20.8 Å². The van der Waals surface area contributed by atoms with E-state index in [0.717, 1.165) is 0 Å². The Kier molecular flexibility index (Phi) is 6.52. The minimum absolute atomic E-state index is 0. The summed E-state index contributed by atoms with van der Waals surface area (Å²) >= 11 is 0. The number of aryl methyl sites for hydroxylation is 6. The van der Waals surface area contributed by atoms with Gasteiger partial charge in [-0.3, -0.25) is 0 Å². The van der Waals surface area contributed by atoms with Crippen molar-refractivity contribution in [2.75, 3.05) is 0 Å². The van der Waals surface area contributed by atoms with Crippen molar-refractivity contribution in [1.29, 1.82) is 0 Å². The fraction of sp³-hybridized carbons (Fsp3) is 0.375. The zero-order chi connectivity index (χ0) is 12.3. The van der Waals surface area contributed by atoms with Gasteiger partial charge in [-0.25, -0.2) is 20.8 Å². The maximum atomic E-state index is 2.20. The Morgan fingerprint density at radius 2 is 1.18 bits per heavy atom. The molecule has 0 amide bonds. The van der Waals surface area contributed by atoms with Gasteiger partial charge in [0.1, 0.15) is 0 Å². The molecule has 17 heavy (non-hydrogen) atoms. The molecule has 0 saturated carbocycles. The van der Waals surface area contributed by atoms with E-state index in [9.17, 15) is 0 Å². The van der Waals surface area contributed by atoms with Gasteiger partial charge in [0.2, 0.25) is 0 Å². The molecule has 0 aliphatic heterocycles. The molecule has 100 valence electrons. The summed E-state index contributed by atoms with van der Waals surface area (Å²) in [5.41, 5.74) is 8.37. The van der Waals surface area contributed by atoms with Gasteiger partial charge >= 0.3 is 0 Å². The van der Waals surface area contributed by atoms with E-state index in [1.54, 1.807) is 0 Å². The molecule has 0 spiro atoms. The van der Waals surface area contributed by atoms with E-state index in [0.29, 0.717) is 0 Å². The molecule has 0 aliphatic rings. The van der Waals surface area contributed by atoms with Crippen LogP contribution in [0.15, 0.2) is 24.3 Å². The minimum atomic E-state index is 0. The average molecular weight is 270 g/mol. The van der Waals surface area contributed by atoms with Crippen molar-refractivity contribution in [2.45, 2.75) is 41.5 Å². The summed E-state index contributed by atoms with van der Waals surface area (Å²) in [5.74, 6) is 0. The topological polar surface area (TPSA) is 0 Å². The Bertz CT molecular complexity index is 375. The van der Waals surface area contributed by atoms with Crippen LogP contribution in [0.3, 0.4) is 0 Å². The van der Waals surface area contributed by atoms with E-state index in [2.05, 4.69) is 65.8 Å².